The maximum Gasteiger partial charge on any atom is 0.0975 e. The summed E-state index contributed by atoms with van der Waals surface area (Å²) in [6.07, 6.45) is 6.52. The van der Waals surface area contributed by atoms with Gasteiger partial charge in [-0.25, -0.2) is 8.51 Å². The lowest BCUT2D eigenvalue weighted by atomic mass is 10.0. The van der Waals surface area contributed by atoms with Gasteiger partial charge in [0, 0.05) is 18.3 Å². The molecule has 1 heterocycles. The molecule has 2 fully saturated rings. The van der Waals surface area contributed by atoms with Crippen molar-refractivity contribution in [1.29, 1.82) is 0 Å². The lowest BCUT2D eigenvalue weighted by molar-refractivity contribution is 0.190. The van der Waals surface area contributed by atoms with Crippen molar-refractivity contribution in [1.82, 2.24) is 4.31 Å². The number of aliphatic hydroxyl groups excluding tert-OH is 1. The number of rotatable bonds is 2. The second-order valence-corrected chi connectivity index (χ2v) is 6.10. The van der Waals surface area contributed by atoms with Gasteiger partial charge in [0.2, 0.25) is 0 Å². The van der Waals surface area contributed by atoms with Crippen molar-refractivity contribution in [3.63, 3.8) is 0 Å². The molecule has 3 nitrogen and oxygen atoms in total. The van der Waals surface area contributed by atoms with Crippen LogP contribution in [-0.4, -0.2) is 38.1 Å². The summed E-state index contributed by atoms with van der Waals surface area (Å²) >= 11 is 0. The summed E-state index contributed by atoms with van der Waals surface area (Å²) in [6.45, 7) is 1.42. The molecule has 2 aliphatic rings. The SMILES string of the molecule is O=S(C1CCCCC1)N1CCC(O)C1. The zero-order valence-electron chi connectivity index (χ0n) is 8.52. The van der Waals surface area contributed by atoms with Crippen LogP contribution in [0.1, 0.15) is 38.5 Å². The molecule has 14 heavy (non-hydrogen) atoms. The van der Waals surface area contributed by atoms with Gasteiger partial charge in [-0.3, -0.25) is 0 Å². The van der Waals surface area contributed by atoms with Crippen LogP contribution < -0.4 is 0 Å². The third-order valence-corrected chi connectivity index (χ3v) is 5.10. The topological polar surface area (TPSA) is 40.5 Å². The van der Waals surface area contributed by atoms with Crippen molar-refractivity contribution < 1.29 is 9.32 Å². The van der Waals surface area contributed by atoms with E-state index in [-0.39, 0.29) is 6.10 Å². The van der Waals surface area contributed by atoms with Crippen molar-refractivity contribution >= 4 is 11.0 Å². The molecule has 82 valence electrons. The monoisotopic (exact) mass is 217 g/mol. The third-order valence-electron chi connectivity index (χ3n) is 3.22. The lowest BCUT2D eigenvalue weighted by Gasteiger charge is -2.25. The van der Waals surface area contributed by atoms with E-state index in [9.17, 15) is 9.32 Å². The van der Waals surface area contributed by atoms with Gasteiger partial charge in [0.15, 0.2) is 0 Å². The van der Waals surface area contributed by atoms with Crippen molar-refractivity contribution in [3.05, 3.63) is 0 Å². The van der Waals surface area contributed by atoms with Gasteiger partial charge >= 0.3 is 0 Å². The molecule has 0 bridgehead atoms. The molecule has 0 aromatic carbocycles. The Morgan fingerprint density at radius 3 is 2.43 bits per heavy atom. The summed E-state index contributed by atoms with van der Waals surface area (Å²) in [7, 11) is -0.829. The van der Waals surface area contributed by atoms with Crippen LogP contribution in [0.25, 0.3) is 0 Å². The number of aliphatic hydroxyl groups is 1. The zero-order chi connectivity index (χ0) is 9.97. The molecule has 1 aliphatic carbocycles. The molecule has 1 aliphatic heterocycles. The normalized spacial score (nSPS) is 33.4. The number of nitrogens with zero attached hydrogens (tertiary/aromatic N) is 1. The minimum Gasteiger partial charge on any atom is -0.392 e. The van der Waals surface area contributed by atoms with E-state index < -0.39 is 11.0 Å². The van der Waals surface area contributed by atoms with E-state index >= 15 is 0 Å². The Kier molecular flexibility index (Phi) is 3.57. The largest absolute Gasteiger partial charge is 0.392 e. The fourth-order valence-electron chi connectivity index (χ4n) is 2.35. The molecule has 4 heteroatoms. The number of hydrogen-bond acceptors (Lipinski definition) is 2. The fourth-order valence-corrected chi connectivity index (χ4v) is 4.11. The Morgan fingerprint density at radius 1 is 1.14 bits per heavy atom. The van der Waals surface area contributed by atoms with Crippen LogP contribution in [0.15, 0.2) is 0 Å². The molecule has 1 saturated carbocycles. The highest BCUT2D eigenvalue weighted by Gasteiger charge is 2.30. The lowest BCUT2D eigenvalue weighted by Crippen LogP contribution is -2.33. The first-order chi connectivity index (χ1) is 6.77. The van der Waals surface area contributed by atoms with Crippen LogP contribution in [-0.2, 0) is 11.0 Å². The Labute approximate surface area is 88.1 Å². The highest BCUT2D eigenvalue weighted by Crippen LogP contribution is 2.25. The third kappa shape index (κ3) is 2.35. The first kappa shape index (κ1) is 10.6. The van der Waals surface area contributed by atoms with Gasteiger partial charge in [-0.2, -0.15) is 0 Å². The maximum atomic E-state index is 12.1. The van der Waals surface area contributed by atoms with Crippen LogP contribution in [0.2, 0.25) is 0 Å². The molecule has 0 aromatic heterocycles. The second-order valence-electron chi connectivity index (χ2n) is 4.37. The molecule has 0 radical (unpaired) electrons. The van der Waals surface area contributed by atoms with E-state index in [1.54, 1.807) is 0 Å². The number of hydrogen-bond donors (Lipinski definition) is 1. The first-order valence-electron chi connectivity index (χ1n) is 5.61. The van der Waals surface area contributed by atoms with Gasteiger partial charge in [-0.1, -0.05) is 19.3 Å². The van der Waals surface area contributed by atoms with Gasteiger partial charge in [0.05, 0.1) is 17.1 Å². The standard InChI is InChI=1S/C10H19NO2S/c12-9-6-7-11(8-9)14(13)10-4-2-1-3-5-10/h9-10,12H,1-8H2. The molecule has 2 unspecified atom stereocenters. The molecular weight excluding hydrogens is 198 g/mol. The highest BCUT2D eigenvalue weighted by atomic mass is 32.2. The van der Waals surface area contributed by atoms with Crippen molar-refractivity contribution in [2.24, 2.45) is 0 Å². The first-order valence-corrected chi connectivity index (χ1v) is 6.78. The number of β-amino-alcohol motifs (C(OH)–C–C–N with tert-alkyl or cyclic N) is 1. The van der Waals surface area contributed by atoms with Gasteiger partial charge in [-0.05, 0) is 19.3 Å². The molecule has 0 amide bonds. The Morgan fingerprint density at radius 2 is 1.86 bits per heavy atom. The quantitative estimate of drug-likeness (QED) is 0.751. The van der Waals surface area contributed by atoms with Crippen LogP contribution in [0.5, 0.6) is 0 Å². The minimum absolute atomic E-state index is 0.248. The van der Waals surface area contributed by atoms with E-state index in [1.807, 2.05) is 4.31 Å². The average Bonchev–Trinajstić information content (AvgIpc) is 2.65. The van der Waals surface area contributed by atoms with Crippen LogP contribution in [0.4, 0.5) is 0 Å². The Hall–Kier alpha value is 0.0700. The van der Waals surface area contributed by atoms with Crippen LogP contribution >= 0.6 is 0 Å². The van der Waals surface area contributed by atoms with E-state index in [1.165, 1.54) is 19.3 Å². The summed E-state index contributed by atoms with van der Waals surface area (Å²) < 4.78 is 14.0. The summed E-state index contributed by atoms with van der Waals surface area (Å²) in [5.74, 6) is 0. The van der Waals surface area contributed by atoms with Crippen molar-refractivity contribution in [2.75, 3.05) is 13.1 Å². The average molecular weight is 217 g/mol. The predicted molar refractivity (Wildman–Crippen MR) is 57.2 cm³/mol. The molecule has 1 saturated heterocycles. The second kappa shape index (κ2) is 4.73. The Bertz CT molecular complexity index is 209. The molecular formula is C10H19NO2S. The van der Waals surface area contributed by atoms with E-state index in [0.29, 0.717) is 11.8 Å². The Balaban J connectivity index is 1.87. The summed E-state index contributed by atoms with van der Waals surface area (Å²) in [5.41, 5.74) is 0. The van der Waals surface area contributed by atoms with Crippen molar-refractivity contribution in [3.8, 4) is 0 Å². The molecule has 0 aromatic rings. The van der Waals surface area contributed by atoms with Gasteiger partial charge in [0.1, 0.15) is 0 Å². The van der Waals surface area contributed by atoms with Crippen LogP contribution in [0, 0.1) is 0 Å². The van der Waals surface area contributed by atoms with Crippen LogP contribution in [0.3, 0.4) is 0 Å². The van der Waals surface area contributed by atoms with Gasteiger partial charge in [-0.15, -0.1) is 0 Å². The predicted octanol–water partition coefficient (Wildman–Crippen LogP) is 1.05. The van der Waals surface area contributed by atoms with Gasteiger partial charge in [0.25, 0.3) is 0 Å². The van der Waals surface area contributed by atoms with Gasteiger partial charge < -0.3 is 5.11 Å². The highest BCUT2D eigenvalue weighted by molar-refractivity contribution is 7.83. The maximum absolute atomic E-state index is 12.1. The zero-order valence-corrected chi connectivity index (χ0v) is 9.34. The van der Waals surface area contributed by atoms with E-state index in [4.69, 9.17) is 0 Å². The molecule has 1 N–H and O–H groups in total. The van der Waals surface area contributed by atoms with E-state index in [2.05, 4.69) is 0 Å². The summed E-state index contributed by atoms with van der Waals surface area (Å²) in [6, 6.07) is 0. The summed E-state index contributed by atoms with van der Waals surface area (Å²) in [5, 5.41) is 9.74. The summed E-state index contributed by atoms with van der Waals surface area (Å²) in [4.78, 5) is 0. The fraction of sp³-hybridized carbons (Fsp3) is 1.00. The van der Waals surface area contributed by atoms with Crippen molar-refractivity contribution in [2.45, 2.75) is 49.9 Å². The molecule has 2 rings (SSSR count). The smallest absolute Gasteiger partial charge is 0.0975 e. The molecule has 2 atom stereocenters. The van der Waals surface area contributed by atoms with E-state index in [0.717, 1.165) is 25.8 Å². The minimum atomic E-state index is -0.829. The molecule has 0 spiro atoms.